The van der Waals surface area contributed by atoms with Crippen LogP contribution in [0.1, 0.15) is 29.3 Å². The number of para-hydroxylation sites is 2. The first-order valence-corrected chi connectivity index (χ1v) is 11.5. The van der Waals surface area contributed by atoms with Crippen LogP contribution < -0.4 is 10.6 Å². The number of halogens is 1. The zero-order valence-corrected chi connectivity index (χ0v) is 18.6. The van der Waals surface area contributed by atoms with Gasteiger partial charge in [-0.15, -0.1) is 0 Å². The number of amides is 2. The van der Waals surface area contributed by atoms with Crippen LogP contribution in [0.5, 0.6) is 0 Å². The fourth-order valence-corrected chi connectivity index (χ4v) is 6.52. The van der Waals surface area contributed by atoms with Crippen molar-refractivity contribution in [3.05, 3.63) is 59.7 Å². The Morgan fingerprint density at radius 1 is 1.03 bits per heavy atom. The zero-order chi connectivity index (χ0) is 21.7. The fraction of sp³-hybridized carbons (Fsp3) is 0.375. The molecule has 0 unspecified atom stereocenters. The van der Waals surface area contributed by atoms with Gasteiger partial charge in [0.25, 0.3) is 5.91 Å². The van der Waals surface area contributed by atoms with Crippen LogP contribution in [-0.2, 0) is 20.7 Å². The second-order valence-electron chi connectivity index (χ2n) is 8.46. The predicted octanol–water partition coefficient (Wildman–Crippen LogP) is 4.01. The summed E-state index contributed by atoms with van der Waals surface area (Å²) in [6.07, 6.45) is 1.49. The molecule has 6 nitrogen and oxygen atoms in total. The van der Waals surface area contributed by atoms with Crippen LogP contribution in [0.4, 0.5) is 11.4 Å². The molecule has 2 aromatic carbocycles. The Hall–Kier alpha value is -2.67. The van der Waals surface area contributed by atoms with Crippen molar-refractivity contribution in [1.82, 2.24) is 0 Å². The van der Waals surface area contributed by atoms with Crippen molar-refractivity contribution in [1.29, 1.82) is 0 Å². The van der Waals surface area contributed by atoms with Crippen LogP contribution in [0, 0.1) is 23.7 Å². The molecule has 1 heterocycles. The normalized spacial score (nSPS) is 30.2. The van der Waals surface area contributed by atoms with Gasteiger partial charge in [-0.25, -0.2) is 0 Å². The standard InChI is InChI=1S/C24H23BrN2O4/c1-2-12-7-3-5-9-16(12)26-22(28)13-8-4-6-10-17(13)27-23(29)18-14-11-15-19(18)24(30)31-21(15)20(14)25/h3-10,14-15,18-21H,2,11H2,1H3,(H,26,28)(H,27,29)/t14-,15-,18-,19+,20-,21+/m1/s1. The summed E-state index contributed by atoms with van der Waals surface area (Å²) in [5.41, 5.74) is 2.62. The summed E-state index contributed by atoms with van der Waals surface area (Å²) in [5, 5.41) is 5.88. The average Bonchev–Trinajstić information content (AvgIpc) is 3.38. The van der Waals surface area contributed by atoms with E-state index in [-0.39, 0.29) is 46.5 Å². The molecule has 5 rings (SSSR count). The third-order valence-electron chi connectivity index (χ3n) is 6.90. The number of hydrogen-bond acceptors (Lipinski definition) is 4. The lowest BCUT2D eigenvalue weighted by atomic mass is 9.79. The molecule has 2 amide bonds. The number of ether oxygens (including phenoxy) is 1. The Bertz CT molecular complexity index is 1070. The number of aryl methyl sites for hydroxylation is 1. The summed E-state index contributed by atoms with van der Waals surface area (Å²) in [6, 6.07) is 14.6. The third kappa shape index (κ3) is 3.26. The maximum absolute atomic E-state index is 13.2. The van der Waals surface area contributed by atoms with Gasteiger partial charge in [-0.2, -0.15) is 0 Å². The van der Waals surface area contributed by atoms with E-state index in [0.717, 1.165) is 24.1 Å². The number of esters is 1. The molecule has 6 atom stereocenters. The highest BCUT2D eigenvalue weighted by atomic mass is 79.9. The molecule has 2 bridgehead atoms. The lowest BCUT2D eigenvalue weighted by Gasteiger charge is -2.27. The molecule has 1 saturated heterocycles. The fourth-order valence-electron chi connectivity index (χ4n) is 5.48. The van der Waals surface area contributed by atoms with Crippen molar-refractivity contribution in [2.45, 2.75) is 30.7 Å². The van der Waals surface area contributed by atoms with Gasteiger partial charge in [-0.05, 0) is 42.5 Å². The lowest BCUT2D eigenvalue weighted by molar-refractivity contribution is -0.145. The molecule has 2 N–H and O–H groups in total. The number of hydrogen-bond donors (Lipinski definition) is 2. The van der Waals surface area contributed by atoms with Gasteiger partial charge in [0.05, 0.1) is 27.9 Å². The molecule has 31 heavy (non-hydrogen) atoms. The maximum atomic E-state index is 13.2. The summed E-state index contributed by atoms with van der Waals surface area (Å²) >= 11 is 3.64. The molecular weight excluding hydrogens is 460 g/mol. The molecule has 0 radical (unpaired) electrons. The quantitative estimate of drug-likeness (QED) is 0.497. The van der Waals surface area contributed by atoms with Crippen LogP contribution in [0.2, 0.25) is 0 Å². The van der Waals surface area contributed by atoms with E-state index >= 15 is 0 Å². The van der Waals surface area contributed by atoms with E-state index in [1.807, 2.05) is 31.2 Å². The first-order valence-electron chi connectivity index (χ1n) is 10.6. The van der Waals surface area contributed by atoms with Gasteiger partial charge < -0.3 is 15.4 Å². The highest BCUT2D eigenvalue weighted by Gasteiger charge is 2.67. The van der Waals surface area contributed by atoms with Gasteiger partial charge in [-0.1, -0.05) is 53.2 Å². The molecule has 2 aromatic rings. The number of nitrogens with one attached hydrogen (secondary N) is 2. The highest BCUT2D eigenvalue weighted by Crippen LogP contribution is 2.60. The lowest BCUT2D eigenvalue weighted by Crippen LogP contribution is -2.40. The molecule has 3 aliphatic rings. The summed E-state index contributed by atoms with van der Waals surface area (Å²) in [7, 11) is 0. The SMILES string of the molecule is CCc1ccccc1NC(=O)c1ccccc1NC(=O)[C@@H]1[C@H]2C[C@H]3[C@H](OC(=O)[C@@H]31)[C@@H]2Br. The minimum Gasteiger partial charge on any atom is -0.461 e. The van der Waals surface area contributed by atoms with Crippen LogP contribution >= 0.6 is 15.9 Å². The zero-order valence-electron chi connectivity index (χ0n) is 17.0. The Morgan fingerprint density at radius 3 is 2.52 bits per heavy atom. The van der Waals surface area contributed by atoms with Gasteiger partial charge in [0.1, 0.15) is 6.10 Å². The molecule has 1 aliphatic heterocycles. The van der Waals surface area contributed by atoms with Crippen LogP contribution in [0.25, 0.3) is 0 Å². The van der Waals surface area contributed by atoms with Crippen molar-refractivity contribution in [3.8, 4) is 0 Å². The van der Waals surface area contributed by atoms with Crippen LogP contribution in [0.15, 0.2) is 48.5 Å². The Labute approximate surface area is 188 Å². The van der Waals surface area contributed by atoms with E-state index in [0.29, 0.717) is 11.3 Å². The average molecular weight is 483 g/mol. The first kappa shape index (κ1) is 20.2. The monoisotopic (exact) mass is 482 g/mol. The van der Waals surface area contributed by atoms with Gasteiger partial charge in [0.2, 0.25) is 5.91 Å². The molecular formula is C24H23BrN2O4. The largest absolute Gasteiger partial charge is 0.461 e. The van der Waals surface area contributed by atoms with Gasteiger partial charge in [0.15, 0.2) is 0 Å². The number of rotatable bonds is 5. The third-order valence-corrected chi connectivity index (χ3v) is 8.10. The summed E-state index contributed by atoms with van der Waals surface area (Å²) < 4.78 is 5.50. The molecule has 2 aliphatic carbocycles. The molecule has 7 heteroatoms. The van der Waals surface area contributed by atoms with E-state index in [9.17, 15) is 14.4 Å². The van der Waals surface area contributed by atoms with Gasteiger partial charge in [-0.3, -0.25) is 14.4 Å². The summed E-state index contributed by atoms with van der Waals surface area (Å²) in [5.74, 6) is -1.47. The van der Waals surface area contributed by atoms with Crippen molar-refractivity contribution in [2.75, 3.05) is 10.6 Å². The predicted molar refractivity (Wildman–Crippen MR) is 120 cm³/mol. The minimum absolute atomic E-state index is 0.0000350. The van der Waals surface area contributed by atoms with Crippen LogP contribution in [0.3, 0.4) is 0 Å². The number of carbonyl (C=O) groups is 3. The van der Waals surface area contributed by atoms with Crippen molar-refractivity contribution in [3.63, 3.8) is 0 Å². The van der Waals surface area contributed by atoms with E-state index in [2.05, 4.69) is 26.6 Å². The molecule has 0 spiro atoms. The van der Waals surface area contributed by atoms with E-state index < -0.39 is 5.92 Å². The number of fused-ring (bicyclic) bond motifs is 1. The Kier molecular flexibility index (Phi) is 5.08. The number of benzene rings is 2. The smallest absolute Gasteiger partial charge is 0.310 e. The summed E-state index contributed by atoms with van der Waals surface area (Å²) in [4.78, 5) is 38.6. The number of alkyl halides is 1. The second kappa shape index (κ2) is 7.79. The number of anilines is 2. The molecule has 3 fully saturated rings. The molecule has 0 aromatic heterocycles. The maximum Gasteiger partial charge on any atom is 0.310 e. The number of carbonyl (C=O) groups excluding carboxylic acids is 3. The van der Waals surface area contributed by atoms with E-state index in [4.69, 9.17) is 4.74 Å². The highest BCUT2D eigenvalue weighted by molar-refractivity contribution is 9.09. The van der Waals surface area contributed by atoms with Crippen molar-refractivity contribution >= 4 is 45.1 Å². The second-order valence-corrected chi connectivity index (χ2v) is 9.52. The topological polar surface area (TPSA) is 84.5 Å². The van der Waals surface area contributed by atoms with Gasteiger partial charge >= 0.3 is 5.97 Å². The summed E-state index contributed by atoms with van der Waals surface area (Å²) in [6.45, 7) is 2.03. The van der Waals surface area contributed by atoms with Crippen LogP contribution in [-0.4, -0.2) is 28.7 Å². The van der Waals surface area contributed by atoms with Crippen molar-refractivity contribution < 1.29 is 19.1 Å². The Morgan fingerprint density at radius 2 is 1.74 bits per heavy atom. The van der Waals surface area contributed by atoms with Gasteiger partial charge in [0, 0.05) is 11.6 Å². The van der Waals surface area contributed by atoms with E-state index in [1.54, 1.807) is 24.3 Å². The first-order chi connectivity index (χ1) is 15.0. The van der Waals surface area contributed by atoms with Crippen molar-refractivity contribution in [2.24, 2.45) is 23.7 Å². The molecule has 2 saturated carbocycles. The molecule has 160 valence electrons. The Balaban J connectivity index is 1.37. The van der Waals surface area contributed by atoms with E-state index in [1.165, 1.54) is 0 Å². The minimum atomic E-state index is -0.447.